The Morgan fingerprint density at radius 1 is 1.30 bits per heavy atom. The first-order valence-electron chi connectivity index (χ1n) is 7.28. The second kappa shape index (κ2) is 7.40. The third-order valence-electron chi connectivity index (χ3n) is 3.29. The summed E-state index contributed by atoms with van der Waals surface area (Å²) < 4.78 is 5.56. The molecule has 6 heteroatoms. The molecular formula is C14H25N5O. The average molecular weight is 279 g/mol. The summed E-state index contributed by atoms with van der Waals surface area (Å²) in [4.78, 5) is 13.4. The minimum Gasteiger partial charge on any atom is -0.475 e. The van der Waals surface area contributed by atoms with Crippen LogP contribution >= 0.6 is 0 Å². The Hall–Kier alpha value is -1.40. The Morgan fingerprint density at radius 3 is 2.75 bits per heavy atom. The van der Waals surface area contributed by atoms with Crippen molar-refractivity contribution in [1.82, 2.24) is 19.8 Å². The fourth-order valence-electron chi connectivity index (χ4n) is 2.13. The maximum atomic E-state index is 5.56. The number of nitrogens with one attached hydrogen (secondary N) is 1. The van der Waals surface area contributed by atoms with Gasteiger partial charge in [-0.3, -0.25) is 4.90 Å². The summed E-state index contributed by atoms with van der Waals surface area (Å²) in [5, 5.41) is 3.26. The molecule has 0 spiro atoms. The summed E-state index contributed by atoms with van der Waals surface area (Å²) in [5.74, 6) is 1.26. The zero-order valence-corrected chi connectivity index (χ0v) is 12.7. The summed E-state index contributed by atoms with van der Waals surface area (Å²) in [6.07, 6.45) is 1.85. The molecule has 1 aromatic heterocycles. The van der Waals surface area contributed by atoms with Crippen LogP contribution in [0.4, 0.5) is 5.95 Å². The Morgan fingerprint density at radius 2 is 2.05 bits per heavy atom. The summed E-state index contributed by atoms with van der Waals surface area (Å²) >= 11 is 0. The first-order chi connectivity index (χ1) is 9.63. The number of rotatable bonds is 6. The Labute approximate surface area is 121 Å². The smallest absolute Gasteiger partial charge is 0.225 e. The predicted octanol–water partition coefficient (Wildman–Crippen LogP) is 0.923. The normalized spacial score (nSPS) is 17.4. The number of hydrogen-bond acceptors (Lipinski definition) is 6. The molecule has 2 heterocycles. The van der Waals surface area contributed by atoms with Crippen LogP contribution in [0.2, 0.25) is 0 Å². The molecule has 0 radical (unpaired) electrons. The third-order valence-corrected chi connectivity index (χ3v) is 3.29. The van der Waals surface area contributed by atoms with E-state index in [0.29, 0.717) is 11.8 Å². The number of nitrogens with zero attached hydrogens (tertiary/aromatic N) is 4. The highest BCUT2D eigenvalue weighted by molar-refractivity contribution is 5.27. The van der Waals surface area contributed by atoms with E-state index in [1.807, 2.05) is 13.8 Å². The van der Waals surface area contributed by atoms with Gasteiger partial charge in [0.2, 0.25) is 11.8 Å². The molecule has 112 valence electrons. The van der Waals surface area contributed by atoms with Gasteiger partial charge in [-0.15, -0.1) is 0 Å². The lowest BCUT2D eigenvalue weighted by molar-refractivity contribution is 0.158. The summed E-state index contributed by atoms with van der Waals surface area (Å²) in [6, 6.07) is 1.78. The van der Waals surface area contributed by atoms with Crippen LogP contribution in [-0.2, 0) is 0 Å². The van der Waals surface area contributed by atoms with E-state index < -0.39 is 0 Å². The fourth-order valence-corrected chi connectivity index (χ4v) is 2.13. The molecule has 0 amide bonds. The topological polar surface area (TPSA) is 53.5 Å². The molecule has 6 nitrogen and oxygen atoms in total. The third kappa shape index (κ3) is 4.94. The highest BCUT2D eigenvalue weighted by Gasteiger charge is 2.12. The van der Waals surface area contributed by atoms with Crippen molar-refractivity contribution >= 4 is 5.95 Å². The maximum Gasteiger partial charge on any atom is 0.225 e. The van der Waals surface area contributed by atoms with E-state index in [9.17, 15) is 0 Å². The number of hydrogen-bond donors (Lipinski definition) is 1. The molecule has 20 heavy (non-hydrogen) atoms. The van der Waals surface area contributed by atoms with Crippen LogP contribution in [0.3, 0.4) is 0 Å². The van der Waals surface area contributed by atoms with E-state index in [1.54, 1.807) is 12.3 Å². The molecule has 1 aliphatic rings. The molecule has 1 fully saturated rings. The van der Waals surface area contributed by atoms with Crippen molar-refractivity contribution in [3.8, 4) is 5.88 Å². The Balaban J connectivity index is 1.73. The van der Waals surface area contributed by atoms with Crippen molar-refractivity contribution in [1.29, 1.82) is 0 Å². The zero-order valence-electron chi connectivity index (χ0n) is 12.7. The average Bonchev–Trinajstić information content (AvgIpc) is 2.41. The fraction of sp³-hybridized carbons (Fsp3) is 0.714. The second-order valence-corrected chi connectivity index (χ2v) is 5.46. The van der Waals surface area contributed by atoms with Gasteiger partial charge in [0.05, 0.1) is 6.10 Å². The molecule has 0 aliphatic carbocycles. The molecular weight excluding hydrogens is 254 g/mol. The highest BCUT2D eigenvalue weighted by Crippen LogP contribution is 2.10. The summed E-state index contributed by atoms with van der Waals surface area (Å²) in [5.41, 5.74) is 0. The molecule has 2 rings (SSSR count). The lowest BCUT2D eigenvalue weighted by Crippen LogP contribution is -2.45. The molecule has 0 unspecified atom stereocenters. The van der Waals surface area contributed by atoms with E-state index in [2.05, 4.69) is 32.1 Å². The Bertz CT molecular complexity index is 404. The molecule has 1 aromatic rings. The standard InChI is InChI=1S/C14H25N5O/c1-12(2)20-13-4-5-15-14(17-13)16-6-7-19-10-8-18(3)9-11-19/h4-5,12H,6-11H2,1-3H3,(H,15,16,17). The van der Waals surface area contributed by atoms with Gasteiger partial charge < -0.3 is 15.0 Å². The number of likely N-dealkylation sites (N-methyl/N-ethyl adjacent to an activating group) is 1. The predicted molar refractivity (Wildman–Crippen MR) is 80.2 cm³/mol. The van der Waals surface area contributed by atoms with E-state index in [-0.39, 0.29) is 6.10 Å². The van der Waals surface area contributed by atoms with Crippen molar-refractivity contribution in [2.75, 3.05) is 51.6 Å². The summed E-state index contributed by atoms with van der Waals surface area (Å²) in [7, 11) is 2.17. The van der Waals surface area contributed by atoms with Crippen LogP contribution in [0.25, 0.3) is 0 Å². The van der Waals surface area contributed by atoms with Gasteiger partial charge >= 0.3 is 0 Å². The van der Waals surface area contributed by atoms with Gasteiger partial charge in [-0.2, -0.15) is 4.98 Å². The van der Waals surface area contributed by atoms with Gasteiger partial charge in [-0.1, -0.05) is 0 Å². The van der Waals surface area contributed by atoms with E-state index in [0.717, 1.165) is 39.3 Å². The quantitative estimate of drug-likeness (QED) is 0.836. The van der Waals surface area contributed by atoms with Gasteiger partial charge in [-0.25, -0.2) is 4.98 Å². The monoisotopic (exact) mass is 279 g/mol. The minimum atomic E-state index is 0.128. The van der Waals surface area contributed by atoms with Gasteiger partial charge in [-0.05, 0) is 20.9 Å². The van der Waals surface area contributed by atoms with Crippen molar-refractivity contribution in [3.63, 3.8) is 0 Å². The maximum absolute atomic E-state index is 5.56. The number of anilines is 1. The zero-order chi connectivity index (χ0) is 14.4. The van der Waals surface area contributed by atoms with Crippen LogP contribution in [0.5, 0.6) is 5.88 Å². The van der Waals surface area contributed by atoms with Gasteiger partial charge in [0, 0.05) is 51.5 Å². The first-order valence-corrected chi connectivity index (χ1v) is 7.28. The van der Waals surface area contributed by atoms with Crippen LogP contribution in [0.15, 0.2) is 12.3 Å². The van der Waals surface area contributed by atoms with Crippen LogP contribution < -0.4 is 10.1 Å². The number of piperazine rings is 1. The minimum absolute atomic E-state index is 0.128. The van der Waals surface area contributed by atoms with Crippen LogP contribution in [0, 0.1) is 0 Å². The lowest BCUT2D eigenvalue weighted by atomic mass is 10.3. The lowest BCUT2D eigenvalue weighted by Gasteiger charge is -2.32. The van der Waals surface area contributed by atoms with Crippen LogP contribution in [0.1, 0.15) is 13.8 Å². The van der Waals surface area contributed by atoms with Gasteiger partial charge in [0.1, 0.15) is 0 Å². The largest absolute Gasteiger partial charge is 0.475 e. The molecule has 0 aromatic carbocycles. The summed E-state index contributed by atoms with van der Waals surface area (Å²) in [6.45, 7) is 10.4. The SMILES string of the molecule is CC(C)Oc1ccnc(NCCN2CCN(C)CC2)n1. The van der Waals surface area contributed by atoms with Crippen molar-refractivity contribution in [2.45, 2.75) is 20.0 Å². The van der Waals surface area contributed by atoms with Crippen molar-refractivity contribution < 1.29 is 4.74 Å². The second-order valence-electron chi connectivity index (χ2n) is 5.46. The van der Waals surface area contributed by atoms with E-state index >= 15 is 0 Å². The molecule has 1 saturated heterocycles. The van der Waals surface area contributed by atoms with Gasteiger partial charge in [0.25, 0.3) is 0 Å². The van der Waals surface area contributed by atoms with Gasteiger partial charge in [0.15, 0.2) is 0 Å². The molecule has 0 saturated carbocycles. The highest BCUT2D eigenvalue weighted by atomic mass is 16.5. The number of aromatic nitrogens is 2. The first kappa shape index (κ1) is 15.0. The van der Waals surface area contributed by atoms with E-state index in [1.165, 1.54) is 0 Å². The van der Waals surface area contributed by atoms with Crippen LogP contribution in [-0.4, -0.2) is 72.2 Å². The molecule has 1 aliphatic heterocycles. The molecule has 1 N–H and O–H groups in total. The van der Waals surface area contributed by atoms with Crippen molar-refractivity contribution in [3.05, 3.63) is 12.3 Å². The number of ether oxygens (including phenoxy) is 1. The van der Waals surface area contributed by atoms with E-state index in [4.69, 9.17) is 4.74 Å². The Kier molecular flexibility index (Phi) is 5.55. The molecule has 0 atom stereocenters. The molecule has 0 bridgehead atoms. The van der Waals surface area contributed by atoms with Crippen molar-refractivity contribution in [2.24, 2.45) is 0 Å².